The number of benzene rings is 1. The van der Waals surface area contributed by atoms with Crippen LogP contribution in [0.3, 0.4) is 0 Å². The molecule has 0 amide bonds. The molecule has 1 saturated heterocycles. The Labute approximate surface area is 178 Å². The SMILES string of the molecule is Cc1c(C2C=CCCC2)c(N2CCC[C@H]2N(C)C)n2c(nc3ccccc32)c1C#N. The van der Waals surface area contributed by atoms with Crippen LogP contribution in [0.2, 0.25) is 0 Å². The van der Waals surface area contributed by atoms with Gasteiger partial charge in [-0.05, 0) is 70.8 Å². The van der Waals surface area contributed by atoms with Crippen LogP contribution in [0.1, 0.15) is 54.7 Å². The van der Waals surface area contributed by atoms with Gasteiger partial charge < -0.3 is 4.90 Å². The van der Waals surface area contributed by atoms with Crippen molar-refractivity contribution < 1.29 is 0 Å². The van der Waals surface area contributed by atoms with Crippen molar-refractivity contribution in [1.29, 1.82) is 5.26 Å². The van der Waals surface area contributed by atoms with Crippen LogP contribution in [-0.4, -0.2) is 41.1 Å². The maximum absolute atomic E-state index is 10.1. The Morgan fingerprint density at radius 1 is 1.17 bits per heavy atom. The summed E-state index contributed by atoms with van der Waals surface area (Å²) in [5.41, 5.74) is 5.95. The molecule has 2 atom stereocenters. The number of pyridine rings is 1. The number of hydrogen-bond donors (Lipinski definition) is 0. The standard InChI is InChI=1S/C25H29N5/c1-17-19(16-26)24-27-20-12-7-8-13-21(20)30(24)25(23(17)18-10-5-4-6-11-18)29-15-9-14-22(29)28(2)3/h5,7-8,10,12-13,18,22H,4,6,9,11,14-15H2,1-3H3/t18?,22-/m0/s1. The van der Waals surface area contributed by atoms with E-state index in [0.29, 0.717) is 17.6 Å². The Kier molecular flexibility index (Phi) is 4.75. The van der Waals surface area contributed by atoms with E-state index >= 15 is 0 Å². The lowest BCUT2D eigenvalue weighted by atomic mass is 9.85. The fourth-order valence-electron chi connectivity index (χ4n) is 5.45. The summed E-state index contributed by atoms with van der Waals surface area (Å²) in [5.74, 6) is 1.58. The van der Waals surface area contributed by atoms with Gasteiger partial charge in [0.25, 0.3) is 0 Å². The van der Waals surface area contributed by atoms with E-state index in [1.807, 2.05) is 6.07 Å². The quantitative estimate of drug-likeness (QED) is 0.583. The van der Waals surface area contributed by atoms with Gasteiger partial charge in [-0.25, -0.2) is 4.98 Å². The third kappa shape index (κ3) is 2.82. The zero-order valence-electron chi connectivity index (χ0n) is 18.1. The lowest BCUT2D eigenvalue weighted by Gasteiger charge is -2.36. The van der Waals surface area contributed by atoms with Crippen LogP contribution >= 0.6 is 0 Å². The lowest BCUT2D eigenvalue weighted by molar-refractivity contribution is 0.299. The largest absolute Gasteiger partial charge is 0.342 e. The molecule has 1 aliphatic carbocycles. The minimum atomic E-state index is 0.342. The molecule has 0 spiro atoms. The minimum Gasteiger partial charge on any atom is -0.342 e. The van der Waals surface area contributed by atoms with Gasteiger partial charge in [-0.1, -0.05) is 24.3 Å². The van der Waals surface area contributed by atoms with Crippen molar-refractivity contribution in [3.05, 3.63) is 53.1 Å². The Morgan fingerprint density at radius 3 is 2.73 bits per heavy atom. The van der Waals surface area contributed by atoms with Gasteiger partial charge in [-0.3, -0.25) is 9.30 Å². The average molecular weight is 400 g/mol. The van der Waals surface area contributed by atoms with E-state index in [-0.39, 0.29) is 0 Å². The molecule has 2 aliphatic rings. The first kappa shape index (κ1) is 19.1. The molecule has 1 aromatic carbocycles. The molecule has 1 aliphatic heterocycles. The molecular weight excluding hydrogens is 370 g/mol. The van der Waals surface area contributed by atoms with Crippen LogP contribution in [0.25, 0.3) is 16.7 Å². The van der Waals surface area contributed by atoms with Gasteiger partial charge in [-0.2, -0.15) is 5.26 Å². The summed E-state index contributed by atoms with van der Waals surface area (Å²) in [4.78, 5) is 9.81. The topological polar surface area (TPSA) is 47.6 Å². The van der Waals surface area contributed by atoms with Gasteiger partial charge in [0.05, 0.1) is 22.8 Å². The minimum absolute atomic E-state index is 0.342. The molecular formula is C25H29N5. The zero-order chi connectivity index (χ0) is 20.8. The highest BCUT2D eigenvalue weighted by molar-refractivity contribution is 5.86. The van der Waals surface area contributed by atoms with Crippen molar-refractivity contribution in [2.24, 2.45) is 0 Å². The summed E-state index contributed by atoms with van der Waals surface area (Å²) in [7, 11) is 4.34. The number of nitrogens with zero attached hydrogens (tertiary/aromatic N) is 5. The number of para-hydroxylation sites is 2. The second kappa shape index (κ2) is 7.45. The van der Waals surface area contributed by atoms with E-state index in [9.17, 15) is 5.26 Å². The number of allylic oxidation sites excluding steroid dienone is 2. The van der Waals surface area contributed by atoms with Gasteiger partial charge in [0.1, 0.15) is 11.9 Å². The number of aromatic nitrogens is 2. The van der Waals surface area contributed by atoms with E-state index in [0.717, 1.165) is 48.1 Å². The number of anilines is 1. The van der Waals surface area contributed by atoms with E-state index in [1.165, 1.54) is 24.2 Å². The van der Waals surface area contributed by atoms with Crippen LogP contribution in [0.5, 0.6) is 0 Å². The molecule has 0 saturated carbocycles. The summed E-state index contributed by atoms with van der Waals surface area (Å²) >= 11 is 0. The lowest BCUT2D eigenvalue weighted by Crippen LogP contribution is -2.42. The molecule has 5 heteroatoms. The summed E-state index contributed by atoms with van der Waals surface area (Å²) in [5, 5.41) is 10.1. The predicted octanol–water partition coefficient (Wildman–Crippen LogP) is 4.98. The molecule has 0 N–H and O–H groups in total. The number of nitriles is 1. The van der Waals surface area contributed by atoms with Crippen molar-refractivity contribution in [3.63, 3.8) is 0 Å². The van der Waals surface area contributed by atoms with Crippen molar-refractivity contribution in [2.75, 3.05) is 25.5 Å². The van der Waals surface area contributed by atoms with Crippen molar-refractivity contribution in [3.8, 4) is 6.07 Å². The average Bonchev–Trinajstić information content (AvgIpc) is 3.39. The van der Waals surface area contributed by atoms with Crippen LogP contribution in [0, 0.1) is 18.3 Å². The first-order valence-electron chi connectivity index (χ1n) is 11.0. The summed E-state index contributed by atoms with van der Waals surface area (Å²) in [6.07, 6.45) is 10.8. The van der Waals surface area contributed by atoms with Gasteiger partial charge >= 0.3 is 0 Å². The molecule has 2 aromatic heterocycles. The fraction of sp³-hybridized carbons (Fsp3) is 0.440. The van der Waals surface area contributed by atoms with Crippen LogP contribution in [-0.2, 0) is 0 Å². The van der Waals surface area contributed by atoms with Gasteiger partial charge in [0.2, 0.25) is 0 Å². The van der Waals surface area contributed by atoms with Gasteiger partial charge in [0, 0.05) is 18.0 Å². The smallest absolute Gasteiger partial charge is 0.157 e. The van der Waals surface area contributed by atoms with Crippen molar-refractivity contribution >= 4 is 22.5 Å². The molecule has 3 aromatic rings. The summed E-state index contributed by atoms with van der Waals surface area (Å²) in [6.45, 7) is 3.15. The van der Waals surface area contributed by atoms with E-state index < -0.39 is 0 Å². The second-order valence-electron chi connectivity index (χ2n) is 8.85. The number of hydrogen-bond acceptors (Lipinski definition) is 4. The van der Waals surface area contributed by atoms with Crippen molar-refractivity contribution in [2.45, 2.75) is 51.1 Å². The van der Waals surface area contributed by atoms with Crippen LogP contribution in [0.15, 0.2) is 36.4 Å². The number of rotatable bonds is 3. The van der Waals surface area contributed by atoms with Crippen molar-refractivity contribution in [1.82, 2.24) is 14.3 Å². The van der Waals surface area contributed by atoms with Crippen LogP contribution in [0.4, 0.5) is 5.82 Å². The molecule has 1 unspecified atom stereocenters. The third-order valence-corrected chi connectivity index (χ3v) is 6.84. The summed E-state index contributed by atoms with van der Waals surface area (Å²) in [6, 6.07) is 10.8. The predicted molar refractivity (Wildman–Crippen MR) is 122 cm³/mol. The highest BCUT2D eigenvalue weighted by Crippen LogP contribution is 2.42. The van der Waals surface area contributed by atoms with Crippen LogP contribution < -0.4 is 4.90 Å². The molecule has 1 fully saturated rings. The molecule has 3 heterocycles. The normalized spacial score (nSPS) is 21.8. The Hall–Kier alpha value is -2.84. The monoisotopic (exact) mass is 399 g/mol. The Bertz CT molecular complexity index is 1180. The van der Waals surface area contributed by atoms with E-state index in [2.05, 4.69) is 71.6 Å². The first-order chi connectivity index (χ1) is 14.6. The summed E-state index contributed by atoms with van der Waals surface area (Å²) < 4.78 is 2.28. The molecule has 5 rings (SSSR count). The number of fused-ring (bicyclic) bond motifs is 3. The maximum Gasteiger partial charge on any atom is 0.157 e. The fourth-order valence-corrected chi connectivity index (χ4v) is 5.45. The molecule has 0 bridgehead atoms. The molecule has 0 radical (unpaired) electrons. The highest BCUT2D eigenvalue weighted by atomic mass is 15.4. The third-order valence-electron chi connectivity index (χ3n) is 6.84. The van der Waals surface area contributed by atoms with Gasteiger partial charge in [0.15, 0.2) is 5.65 Å². The Morgan fingerprint density at radius 2 is 2.00 bits per heavy atom. The molecule has 30 heavy (non-hydrogen) atoms. The van der Waals surface area contributed by atoms with Gasteiger partial charge in [-0.15, -0.1) is 0 Å². The molecule has 154 valence electrons. The first-order valence-corrected chi connectivity index (χ1v) is 11.0. The zero-order valence-corrected chi connectivity index (χ0v) is 18.1. The van der Waals surface area contributed by atoms with E-state index in [1.54, 1.807) is 0 Å². The second-order valence-corrected chi connectivity index (χ2v) is 8.85. The maximum atomic E-state index is 10.1. The molecule has 5 nitrogen and oxygen atoms in total. The highest BCUT2D eigenvalue weighted by Gasteiger charge is 2.34. The van der Waals surface area contributed by atoms with E-state index in [4.69, 9.17) is 4.98 Å². The Balaban J connectivity index is 1.92. The number of imidazole rings is 1.